The monoisotopic (exact) mass is 347 g/mol. The van der Waals surface area contributed by atoms with Gasteiger partial charge in [-0.3, -0.25) is 9.59 Å². The zero-order valence-corrected chi connectivity index (χ0v) is 15.5. The van der Waals surface area contributed by atoms with E-state index in [2.05, 4.69) is 19.2 Å². The maximum atomic E-state index is 12.9. The summed E-state index contributed by atoms with van der Waals surface area (Å²) in [5, 5.41) is 3.24. The third-order valence-electron chi connectivity index (χ3n) is 4.38. The van der Waals surface area contributed by atoms with Crippen LogP contribution in [0, 0.1) is 5.92 Å². The minimum absolute atomic E-state index is 0.0153. The number of rotatable bonds is 7. The highest BCUT2D eigenvalue weighted by atomic mass is 16.5. The Kier molecular flexibility index (Phi) is 7.25. The molecule has 0 unspecified atom stereocenters. The molecule has 1 aromatic rings. The van der Waals surface area contributed by atoms with Gasteiger partial charge in [0, 0.05) is 38.3 Å². The van der Waals surface area contributed by atoms with E-state index in [0.717, 1.165) is 19.5 Å². The Balaban J connectivity index is 2.10. The zero-order chi connectivity index (χ0) is 18.2. The lowest BCUT2D eigenvalue weighted by atomic mass is 10.1. The molecule has 1 aliphatic rings. The fourth-order valence-electron chi connectivity index (χ4n) is 2.78. The fraction of sp³-hybridized carbons (Fsp3) is 0.579. The highest BCUT2D eigenvalue weighted by molar-refractivity contribution is 5.96. The molecule has 25 heavy (non-hydrogen) atoms. The summed E-state index contributed by atoms with van der Waals surface area (Å²) in [6.07, 6.45) is 0.866. The maximum Gasteiger partial charge on any atom is 0.254 e. The van der Waals surface area contributed by atoms with Gasteiger partial charge >= 0.3 is 0 Å². The van der Waals surface area contributed by atoms with E-state index in [1.807, 2.05) is 4.90 Å². The summed E-state index contributed by atoms with van der Waals surface area (Å²) in [4.78, 5) is 29.0. The van der Waals surface area contributed by atoms with Gasteiger partial charge in [-0.15, -0.1) is 0 Å². The van der Waals surface area contributed by atoms with Crippen molar-refractivity contribution < 1.29 is 14.3 Å². The topological polar surface area (TPSA) is 61.9 Å². The van der Waals surface area contributed by atoms with Gasteiger partial charge in [0.05, 0.1) is 7.11 Å². The molecule has 1 fully saturated rings. The van der Waals surface area contributed by atoms with Crippen molar-refractivity contribution in [3.8, 4) is 5.75 Å². The second-order valence-corrected chi connectivity index (χ2v) is 6.77. The molecular formula is C19H29N3O3. The fourth-order valence-corrected chi connectivity index (χ4v) is 2.78. The van der Waals surface area contributed by atoms with Crippen LogP contribution in [0.1, 0.15) is 30.6 Å². The molecule has 2 rings (SSSR count). The van der Waals surface area contributed by atoms with Crippen LogP contribution in [0.25, 0.3) is 0 Å². The van der Waals surface area contributed by atoms with Crippen LogP contribution in [0.5, 0.6) is 5.75 Å². The molecular weight excluding hydrogens is 318 g/mol. The van der Waals surface area contributed by atoms with E-state index < -0.39 is 0 Å². The van der Waals surface area contributed by atoms with Gasteiger partial charge in [0.15, 0.2) is 0 Å². The number of amides is 2. The number of benzene rings is 1. The second-order valence-electron chi connectivity index (χ2n) is 6.77. The summed E-state index contributed by atoms with van der Waals surface area (Å²) in [6, 6.07) is 7.09. The first kappa shape index (κ1) is 19.2. The molecule has 1 N–H and O–H groups in total. The number of hydrogen-bond donors (Lipinski definition) is 1. The number of nitrogens with zero attached hydrogens (tertiary/aromatic N) is 2. The molecule has 138 valence electrons. The second kappa shape index (κ2) is 9.42. The summed E-state index contributed by atoms with van der Waals surface area (Å²) in [7, 11) is 1.58. The van der Waals surface area contributed by atoms with Gasteiger partial charge in [0.25, 0.3) is 5.91 Å². The van der Waals surface area contributed by atoms with Crippen LogP contribution >= 0.6 is 0 Å². The minimum atomic E-state index is -0.122. The van der Waals surface area contributed by atoms with E-state index in [9.17, 15) is 9.59 Å². The highest BCUT2D eigenvalue weighted by Gasteiger charge is 2.23. The summed E-state index contributed by atoms with van der Waals surface area (Å²) in [6.45, 7) is 7.95. The Hall–Kier alpha value is -2.08. The Labute approximate surface area is 150 Å². The Morgan fingerprint density at radius 3 is 2.64 bits per heavy atom. The Bertz CT molecular complexity index is 583. The molecule has 0 atom stereocenters. The van der Waals surface area contributed by atoms with Gasteiger partial charge in [-0.05, 0) is 30.5 Å². The lowest BCUT2D eigenvalue weighted by Gasteiger charge is -2.31. The molecule has 2 amide bonds. The number of hydrogen-bond acceptors (Lipinski definition) is 4. The van der Waals surface area contributed by atoms with E-state index in [1.54, 1.807) is 36.3 Å². The van der Waals surface area contributed by atoms with Gasteiger partial charge in [-0.2, -0.15) is 0 Å². The predicted molar refractivity (Wildman–Crippen MR) is 97.8 cm³/mol. The summed E-state index contributed by atoms with van der Waals surface area (Å²) < 4.78 is 5.21. The quantitative estimate of drug-likeness (QED) is 0.814. The molecule has 1 aromatic carbocycles. The van der Waals surface area contributed by atoms with E-state index in [1.165, 1.54) is 0 Å². The number of methoxy groups -OCH3 is 1. The van der Waals surface area contributed by atoms with Crippen LogP contribution in [0.15, 0.2) is 24.3 Å². The molecule has 0 radical (unpaired) electrons. The van der Waals surface area contributed by atoms with Crippen molar-refractivity contribution in [1.29, 1.82) is 0 Å². The van der Waals surface area contributed by atoms with Crippen molar-refractivity contribution in [1.82, 2.24) is 15.1 Å². The van der Waals surface area contributed by atoms with Crippen molar-refractivity contribution in [3.05, 3.63) is 29.8 Å². The average Bonchev–Trinajstić information content (AvgIpc) is 2.65. The van der Waals surface area contributed by atoms with Crippen LogP contribution in [0.4, 0.5) is 0 Å². The van der Waals surface area contributed by atoms with Gasteiger partial charge in [0.1, 0.15) is 12.3 Å². The average molecular weight is 347 g/mol. The zero-order valence-electron chi connectivity index (χ0n) is 15.5. The maximum absolute atomic E-state index is 12.9. The van der Waals surface area contributed by atoms with E-state index in [-0.39, 0.29) is 18.4 Å². The minimum Gasteiger partial charge on any atom is -0.497 e. The summed E-state index contributed by atoms with van der Waals surface area (Å²) in [5.41, 5.74) is 0.552. The lowest BCUT2D eigenvalue weighted by Crippen LogP contribution is -2.50. The summed E-state index contributed by atoms with van der Waals surface area (Å²) >= 11 is 0. The van der Waals surface area contributed by atoms with Crippen LogP contribution in [0.2, 0.25) is 0 Å². The normalized spacial score (nSPS) is 14.5. The number of carbonyl (C=O) groups excluding carboxylic acids is 2. The number of ether oxygens (including phenoxy) is 1. The molecule has 6 nitrogen and oxygen atoms in total. The number of nitrogens with one attached hydrogen (secondary N) is 1. The van der Waals surface area contributed by atoms with E-state index in [4.69, 9.17) is 4.74 Å². The highest BCUT2D eigenvalue weighted by Crippen LogP contribution is 2.15. The largest absolute Gasteiger partial charge is 0.497 e. The molecule has 0 spiro atoms. The molecule has 6 heteroatoms. The lowest BCUT2D eigenvalue weighted by molar-refractivity contribution is -0.132. The molecule has 1 saturated heterocycles. The van der Waals surface area contributed by atoms with Crippen molar-refractivity contribution >= 4 is 11.8 Å². The first-order chi connectivity index (χ1) is 12.0. The smallest absolute Gasteiger partial charge is 0.254 e. The van der Waals surface area contributed by atoms with Crippen molar-refractivity contribution in [2.24, 2.45) is 5.92 Å². The number of piperazine rings is 1. The third-order valence-corrected chi connectivity index (χ3v) is 4.38. The molecule has 1 heterocycles. The third kappa shape index (κ3) is 5.74. The Morgan fingerprint density at radius 2 is 2.00 bits per heavy atom. The molecule has 0 bridgehead atoms. The van der Waals surface area contributed by atoms with Gasteiger partial charge in [-0.1, -0.05) is 19.9 Å². The van der Waals surface area contributed by atoms with Crippen LogP contribution in [0.3, 0.4) is 0 Å². The standard InChI is InChI=1S/C19H29N3O3/c1-15(2)7-10-22(14-18(23)21-11-8-20-9-12-21)19(24)16-5-4-6-17(13-16)25-3/h4-6,13,15,20H,7-12,14H2,1-3H3. The van der Waals surface area contributed by atoms with Crippen molar-refractivity contribution in [2.45, 2.75) is 20.3 Å². The van der Waals surface area contributed by atoms with Crippen molar-refractivity contribution in [3.63, 3.8) is 0 Å². The van der Waals surface area contributed by atoms with Gasteiger partial charge in [-0.25, -0.2) is 0 Å². The van der Waals surface area contributed by atoms with Gasteiger partial charge in [0.2, 0.25) is 5.91 Å². The van der Waals surface area contributed by atoms with Crippen LogP contribution in [-0.4, -0.2) is 68.0 Å². The molecule has 0 aromatic heterocycles. The first-order valence-corrected chi connectivity index (χ1v) is 8.93. The molecule has 0 aliphatic carbocycles. The Morgan fingerprint density at radius 1 is 1.28 bits per heavy atom. The molecule has 0 saturated carbocycles. The predicted octanol–water partition coefficient (Wildman–Crippen LogP) is 1.62. The van der Waals surface area contributed by atoms with Crippen LogP contribution < -0.4 is 10.1 Å². The SMILES string of the molecule is COc1cccc(C(=O)N(CCC(C)C)CC(=O)N2CCNCC2)c1. The van der Waals surface area contributed by atoms with Gasteiger partial charge < -0.3 is 19.9 Å². The number of carbonyl (C=O) groups is 2. The summed E-state index contributed by atoms with van der Waals surface area (Å²) in [5.74, 6) is 1.00. The first-order valence-electron chi connectivity index (χ1n) is 8.93. The van der Waals surface area contributed by atoms with Crippen LogP contribution in [-0.2, 0) is 4.79 Å². The van der Waals surface area contributed by atoms with Crippen molar-refractivity contribution in [2.75, 3.05) is 46.4 Å². The van der Waals surface area contributed by atoms with E-state index in [0.29, 0.717) is 36.9 Å². The van der Waals surface area contributed by atoms with E-state index >= 15 is 0 Å². The molecule has 1 aliphatic heterocycles.